The van der Waals surface area contributed by atoms with E-state index in [1.54, 1.807) is 21.3 Å². The van der Waals surface area contributed by atoms with Gasteiger partial charge in [-0.05, 0) is 43.6 Å². The van der Waals surface area contributed by atoms with Crippen LogP contribution in [0.4, 0.5) is 0 Å². The molecule has 6 nitrogen and oxygen atoms in total. The molecule has 2 aliphatic rings. The molecule has 3 rings (SSSR count). The summed E-state index contributed by atoms with van der Waals surface area (Å²) in [5.74, 6) is 2.92. The minimum Gasteiger partial charge on any atom is -0.493 e. The van der Waals surface area contributed by atoms with Crippen molar-refractivity contribution in [3.8, 4) is 17.2 Å². The third kappa shape index (κ3) is 3.71. The largest absolute Gasteiger partial charge is 0.493 e. The summed E-state index contributed by atoms with van der Waals surface area (Å²) in [5, 5.41) is 3.06. The highest BCUT2D eigenvalue weighted by Crippen LogP contribution is 2.47. The fraction of sp³-hybridized carbons (Fsp3) is 0.632. The predicted molar refractivity (Wildman–Crippen MR) is 102 cm³/mol. The highest BCUT2D eigenvalue weighted by atomic mass is 35.5. The van der Waals surface area contributed by atoms with Crippen molar-refractivity contribution in [1.29, 1.82) is 0 Å². The Morgan fingerprint density at radius 3 is 2.38 bits per heavy atom. The van der Waals surface area contributed by atoms with Crippen LogP contribution in [0.3, 0.4) is 0 Å². The number of ether oxygens (including phenoxy) is 3. The van der Waals surface area contributed by atoms with Crippen LogP contribution >= 0.6 is 12.4 Å². The second kappa shape index (κ2) is 8.82. The Morgan fingerprint density at radius 1 is 1.12 bits per heavy atom. The van der Waals surface area contributed by atoms with Crippen LogP contribution in [-0.4, -0.2) is 39.8 Å². The number of carbonyl (C=O) groups excluding carboxylic acids is 1. The Hall–Kier alpha value is -1.66. The maximum Gasteiger partial charge on any atom is 0.224 e. The van der Waals surface area contributed by atoms with Crippen LogP contribution in [0.15, 0.2) is 12.1 Å². The number of carbonyl (C=O) groups is 1. The summed E-state index contributed by atoms with van der Waals surface area (Å²) in [6.45, 7) is 0.547. The number of amides is 1. The number of halogens is 1. The van der Waals surface area contributed by atoms with Crippen LogP contribution < -0.4 is 25.3 Å². The molecule has 1 aromatic rings. The summed E-state index contributed by atoms with van der Waals surface area (Å²) >= 11 is 0. The van der Waals surface area contributed by atoms with Crippen LogP contribution in [0.25, 0.3) is 0 Å². The Bertz CT molecular complexity index is 638. The van der Waals surface area contributed by atoms with Gasteiger partial charge < -0.3 is 25.3 Å². The lowest BCUT2D eigenvalue weighted by molar-refractivity contribution is -0.127. The molecule has 2 bridgehead atoms. The monoisotopic (exact) mass is 384 g/mol. The van der Waals surface area contributed by atoms with Gasteiger partial charge in [-0.25, -0.2) is 0 Å². The zero-order valence-electron chi connectivity index (χ0n) is 15.6. The van der Waals surface area contributed by atoms with Gasteiger partial charge in [-0.3, -0.25) is 4.79 Å². The molecule has 7 heteroatoms. The molecule has 26 heavy (non-hydrogen) atoms. The molecule has 2 saturated carbocycles. The molecule has 0 radical (unpaired) electrons. The van der Waals surface area contributed by atoms with Gasteiger partial charge in [0.05, 0.1) is 27.2 Å². The van der Waals surface area contributed by atoms with Crippen molar-refractivity contribution in [3.05, 3.63) is 17.7 Å². The summed E-state index contributed by atoms with van der Waals surface area (Å²) < 4.78 is 16.2. The van der Waals surface area contributed by atoms with E-state index < -0.39 is 0 Å². The van der Waals surface area contributed by atoms with Gasteiger partial charge in [0, 0.05) is 18.2 Å². The lowest BCUT2D eigenvalue weighted by Crippen LogP contribution is -2.45. The maximum absolute atomic E-state index is 12.5. The number of nitrogens with one attached hydrogen (secondary N) is 1. The summed E-state index contributed by atoms with van der Waals surface area (Å²) in [5.41, 5.74) is 7.22. The zero-order valence-corrected chi connectivity index (χ0v) is 16.4. The highest BCUT2D eigenvalue weighted by Gasteiger charge is 2.48. The Morgan fingerprint density at radius 2 is 1.81 bits per heavy atom. The Kier molecular flexibility index (Phi) is 7.01. The quantitative estimate of drug-likeness (QED) is 0.752. The van der Waals surface area contributed by atoms with Crippen LogP contribution in [-0.2, 0) is 11.2 Å². The lowest BCUT2D eigenvalue weighted by atomic mass is 9.84. The minimum atomic E-state index is -0.0222. The molecule has 1 aromatic carbocycles. The van der Waals surface area contributed by atoms with Gasteiger partial charge in [0.2, 0.25) is 11.7 Å². The van der Waals surface area contributed by atoms with Crippen LogP contribution in [0.5, 0.6) is 17.2 Å². The summed E-state index contributed by atoms with van der Waals surface area (Å²) in [6.07, 6.45) is 4.09. The van der Waals surface area contributed by atoms with E-state index in [9.17, 15) is 4.79 Å². The highest BCUT2D eigenvalue weighted by molar-refractivity contribution is 5.85. The van der Waals surface area contributed by atoms with Gasteiger partial charge in [-0.15, -0.1) is 12.4 Å². The standard InChI is InChI=1S/C19H28N2O4.ClH/c1-23-14-7-6-11(17(24-2)18(14)25-3)8-9-21-19(22)15-12-4-5-13(10-12)16(15)20;/h6-7,12-13,15-16H,4-5,8-10,20H2,1-3H3,(H,21,22);1H. The van der Waals surface area contributed by atoms with E-state index in [1.165, 1.54) is 6.42 Å². The van der Waals surface area contributed by atoms with Gasteiger partial charge in [0.1, 0.15) is 0 Å². The van der Waals surface area contributed by atoms with Gasteiger partial charge in [0.25, 0.3) is 0 Å². The maximum atomic E-state index is 12.5. The van der Waals surface area contributed by atoms with Crippen LogP contribution in [0, 0.1) is 17.8 Å². The van der Waals surface area contributed by atoms with Gasteiger partial charge in [-0.2, -0.15) is 0 Å². The van der Waals surface area contributed by atoms with Crippen molar-refractivity contribution in [2.45, 2.75) is 31.7 Å². The number of fused-ring (bicyclic) bond motifs is 2. The molecule has 0 aliphatic heterocycles. The van der Waals surface area contributed by atoms with Crippen molar-refractivity contribution >= 4 is 18.3 Å². The normalized spacial score (nSPS) is 26.2. The van der Waals surface area contributed by atoms with Crippen molar-refractivity contribution < 1.29 is 19.0 Å². The number of nitrogens with two attached hydrogens (primary N) is 1. The third-order valence-corrected chi connectivity index (χ3v) is 5.76. The molecule has 2 fully saturated rings. The molecule has 146 valence electrons. The number of hydrogen-bond acceptors (Lipinski definition) is 5. The number of benzene rings is 1. The first-order valence-corrected chi connectivity index (χ1v) is 8.91. The van der Waals surface area contributed by atoms with E-state index in [0.29, 0.717) is 42.0 Å². The van der Waals surface area contributed by atoms with E-state index in [4.69, 9.17) is 19.9 Å². The third-order valence-electron chi connectivity index (χ3n) is 5.76. The average Bonchev–Trinajstić information content (AvgIpc) is 3.21. The van der Waals surface area contributed by atoms with E-state index in [1.807, 2.05) is 12.1 Å². The molecule has 0 heterocycles. The summed E-state index contributed by atoms with van der Waals surface area (Å²) in [7, 11) is 4.78. The molecule has 3 N–H and O–H groups in total. The zero-order chi connectivity index (χ0) is 18.0. The van der Waals surface area contributed by atoms with Crippen molar-refractivity contribution in [2.24, 2.45) is 23.5 Å². The van der Waals surface area contributed by atoms with Crippen LogP contribution in [0.2, 0.25) is 0 Å². The van der Waals surface area contributed by atoms with Gasteiger partial charge >= 0.3 is 0 Å². The smallest absolute Gasteiger partial charge is 0.224 e. The fourth-order valence-corrected chi connectivity index (χ4v) is 4.52. The topological polar surface area (TPSA) is 82.8 Å². The molecule has 4 atom stereocenters. The first kappa shape index (κ1) is 20.6. The lowest BCUT2D eigenvalue weighted by Gasteiger charge is -2.27. The number of methoxy groups -OCH3 is 3. The molecule has 0 saturated heterocycles. The molecule has 0 spiro atoms. The van der Waals surface area contributed by atoms with Crippen molar-refractivity contribution in [3.63, 3.8) is 0 Å². The summed E-state index contributed by atoms with van der Waals surface area (Å²) in [6, 6.07) is 3.81. The SMILES string of the molecule is COc1ccc(CCNC(=O)C2C3CCC(C3)C2N)c(OC)c1OC.Cl. The molecule has 2 aliphatic carbocycles. The minimum absolute atomic E-state index is 0. The predicted octanol–water partition coefficient (Wildman–Crippen LogP) is 2.17. The van der Waals surface area contributed by atoms with Crippen molar-refractivity contribution in [2.75, 3.05) is 27.9 Å². The van der Waals surface area contributed by atoms with E-state index in [-0.39, 0.29) is 30.3 Å². The molecule has 0 aromatic heterocycles. The first-order valence-electron chi connectivity index (χ1n) is 8.91. The van der Waals surface area contributed by atoms with Crippen LogP contribution in [0.1, 0.15) is 24.8 Å². The Balaban J connectivity index is 0.00000243. The second-order valence-electron chi connectivity index (χ2n) is 6.97. The second-order valence-corrected chi connectivity index (χ2v) is 6.97. The van der Waals surface area contributed by atoms with Gasteiger partial charge in [-0.1, -0.05) is 6.07 Å². The van der Waals surface area contributed by atoms with E-state index >= 15 is 0 Å². The summed E-state index contributed by atoms with van der Waals surface area (Å²) in [4.78, 5) is 12.5. The molecular weight excluding hydrogens is 356 g/mol. The number of rotatable bonds is 7. The van der Waals surface area contributed by atoms with Crippen molar-refractivity contribution in [1.82, 2.24) is 5.32 Å². The van der Waals surface area contributed by atoms with Gasteiger partial charge in [0.15, 0.2) is 11.5 Å². The Labute approximate surface area is 161 Å². The molecule has 4 unspecified atom stereocenters. The van der Waals surface area contributed by atoms with E-state index in [2.05, 4.69) is 5.32 Å². The van der Waals surface area contributed by atoms with E-state index in [0.717, 1.165) is 18.4 Å². The first-order chi connectivity index (χ1) is 12.1. The average molecular weight is 385 g/mol. The number of hydrogen-bond donors (Lipinski definition) is 2. The molecular formula is C19H29ClN2O4. The fourth-order valence-electron chi connectivity index (χ4n) is 4.52. The molecule has 1 amide bonds.